The second kappa shape index (κ2) is 4.43. The molecule has 0 saturated carbocycles. The number of nitrogens with two attached hydrogens (primary N) is 1. The van der Waals surface area contributed by atoms with E-state index in [-0.39, 0.29) is 17.8 Å². The molecule has 0 fully saturated rings. The molecule has 2 N–H and O–H groups in total. The van der Waals surface area contributed by atoms with E-state index in [1.807, 2.05) is 0 Å². The molecule has 1 aromatic carbocycles. The fraction of sp³-hybridized carbons (Fsp3) is 0.182. The maximum atomic E-state index is 13.2. The number of hydrogen-bond acceptors (Lipinski definition) is 1. The molecule has 0 saturated heterocycles. The second-order valence-electron chi connectivity index (χ2n) is 2.93. The van der Waals surface area contributed by atoms with Crippen LogP contribution in [0.15, 0.2) is 18.2 Å². The molecule has 0 heterocycles. The van der Waals surface area contributed by atoms with Gasteiger partial charge in [-0.2, -0.15) is 0 Å². The van der Waals surface area contributed by atoms with Crippen molar-refractivity contribution < 1.29 is 9.18 Å². The number of primary amides is 1. The first-order valence-corrected chi connectivity index (χ1v) is 4.13. The number of aryl methyl sites for hydroxylation is 1. The van der Waals surface area contributed by atoms with Gasteiger partial charge in [-0.3, -0.25) is 4.79 Å². The zero-order valence-corrected chi connectivity index (χ0v) is 7.80. The largest absolute Gasteiger partial charge is 0.369 e. The van der Waals surface area contributed by atoms with Crippen LogP contribution in [0.2, 0.25) is 0 Å². The van der Waals surface area contributed by atoms with Gasteiger partial charge in [0.05, 0.1) is 12.0 Å². The normalized spacial score (nSPS) is 9.00. The van der Waals surface area contributed by atoms with Gasteiger partial charge in [0.2, 0.25) is 5.91 Å². The summed E-state index contributed by atoms with van der Waals surface area (Å²) in [6, 6.07) is 4.74. The summed E-state index contributed by atoms with van der Waals surface area (Å²) in [6.07, 6.45) is -0.0483. The van der Waals surface area contributed by atoms with Gasteiger partial charge in [-0.1, -0.05) is 17.9 Å². The Morgan fingerprint density at radius 1 is 1.57 bits per heavy atom. The molecule has 0 spiro atoms. The van der Waals surface area contributed by atoms with Crippen LogP contribution in [0.4, 0.5) is 4.39 Å². The molecule has 1 aromatic rings. The molecule has 72 valence electrons. The standard InChI is InChI=1S/C11H10FNO/c1-8-5-6-9(10(12)7-8)3-2-4-11(13)14/h5-7H,4H2,1H3,(H2,13,14). The van der Waals surface area contributed by atoms with E-state index in [1.165, 1.54) is 6.07 Å². The molecule has 14 heavy (non-hydrogen) atoms. The Balaban J connectivity index is 2.85. The van der Waals surface area contributed by atoms with Gasteiger partial charge in [0.15, 0.2) is 0 Å². The monoisotopic (exact) mass is 191 g/mol. The first kappa shape index (κ1) is 10.3. The molecular formula is C11H10FNO. The highest BCUT2D eigenvalue weighted by molar-refractivity contribution is 5.76. The maximum absolute atomic E-state index is 13.2. The molecule has 0 aromatic heterocycles. The molecule has 0 aliphatic rings. The summed E-state index contributed by atoms with van der Waals surface area (Å²) >= 11 is 0. The van der Waals surface area contributed by atoms with Crippen molar-refractivity contribution in [3.63, 3.8) is 0 Å². The van der Waals surface area contributed by atoms with Crippen molar-refractivity contribution >= 4 is 5.91 Å². The summed E-state index contributed by atoms with van der Waals surface area (Å²) in [4.78, 5) is 10.4. The minimum absolute atomic E-state index is 0.0483. The van der Waals surface area contributed by atoms with Gasteiger partial charge >= 0.3 is 0 Å². The molecule has 0 aliphatic carbocycles. The van der Waals surface area contributed by atoms with Crippen LogP contribution in [0.25, 0.3) is 0 Å². The molecule has 1 amide bonds. The lowest BCUT2D eigenvalue weighted by atomic mass is 10.1. The molecule has 0 atom stereocenters. The zero-order valence-electron chi connectivity index (χ0n) is 7.80. The summed E-state index contributed by atoms with van der Waals surface area (Å²) in [7, 11) is 0. The number of benzene rings is 1. The van der Waals surface area contributed by atoms with Crippen molar-refractivity contribution in [2.24, 2.45) is 5.73 Å². The number of amides is 1. The summed E-state index contributed by atoms with van der Waals surface area (Å²) in [5, 5.41) is 0. The lowest BCUT2D eigenvalue weighted by Gasteiger charge is -1.95. The fourth-order valence-electron chi connectivity index (χ4n) is 0.948. The van der Waals surface area contributed by atoms with E-state index in [0.717, 1.165) is 5.56 Å². The van der Waals surface area contributed by atoms with Crippen molar-refractivity contribution in [1.29, 1.82) is 0 Å². The predicted molar refractivity (Wildman–Crippen MR) is 51.8 cm³/mol. The number of rotatable bonds is 1. The lowest BCUT2D eigenvalue weighted by molar-refractivity contribution is -0.117. The highest BCUT2D eigenvalue weighted by atomic mass is 19.1. The van der Waals surface area contributed by atoms with E-state index in [0.29, 0.717) is 0 Å². The quantitative estimate of drug-likeness (QED) is 0.669. The minimum Gasteiger partial charge on any atom is -0.369 e. The zero-order chi connectivity index (χ0) is 10.6. The Kier molecular flexibility index (Phi) is 3.24. The van der Waals surface area contributed by atoms with Crippen LogP contribution < -0.4 is 5.73 Å². The van der Waals surface area contributed by atoms with Gasteiger partial charge in [0, 0.05) is 0 Å². The van der Waals surface area contributed by atoms with E-state index in [1.54, 1.807) is 19.1 Å². The van der Waals surface area contributed by atoms with E-state index in [9.17, 15) is 9.18 Å². The third-order valence-electron chi connectivity index (χ3n) is 1.61. The van der Waals surface area contributed by atoms with Crippen LogP contribution in [-0.2, 0) is 4.79 Å². The number of carbonyl (C=O) groups excluding carboxylic acids is 1. The van der Waals surface area contributed by atoms with Crippen LogP contribution in [-0.4, -0.2) is 5.91 Å². The molecule has 3 heteroatoms. The first-order valence-electron chi connectivity index (χ1n) is 4.13. The Hall–Kier alpha value is -1.82. The Morgan fingerprint density at radius 2 is 2.29 bits per heavy atom. The van der Waals surface area contributed by atoms with Crippen molar-refractivity contribution in [2.45, 2.75) is 13.3 Å². The van der Waals surface area contributed by atoms with E-state index in [4.69, 9.17) is 5.73 Å². The van der Waals surface area contributed by atoms with Gasteiger partial charge in [0.1, 0.15) is 5.82 Å². The average Bonchev–Trinajstić information content (AvgIpc) is 2.08. The van der Waals surface area contributed by atoms with Gasteiger partial charge in [-0.15, -0.1) is 0 Å². The third kappa shape index (κ3) is 2.91. The van der Waals surface area contributed by atoms with Crippen molar-refractivity contribution in [2.75, 3.05) is 0 Å². The molecule has 0 aliphatic heterocycles. The molecular weight excluding hydrogens is 181 g/mol. The van der Waals surface area contributed by atoms with E-state index < -0.39 is 5.91 Å². The van der Waals surface area contributed by atoms with Crippen LogP contribution in [0.3, 0.4) is 0 Å². The number of hydrogen-bond donors (Lipinski definition) is 1. The predicted octanol–water partition coefficient (Wildman–Crippen LogP) is 1.36. The second-order valence-corrected chi connectivity index (χ2v) is 2.93. The summed E-state index contributed by atoms with van der Waals surface area (Å²) in [5.74, 6) is 4.16. The minimum atomic E-state index is -0.509. The van der Waals surface area contributed by atoms with Gasteiger partial charge in [0.25, 0.3) is 0 Å². The number of halogens is 1. The SMILES string of the molecule is Cc1ccc(C#CCC(N)=O)c(F)c1. The van der Waals surface area contributed by atoms with E-state index >= 15 is 0 Å². The van der Waals surface area contributed by atoms with Crippen molar-refractivity contribution in [3.05, 3.63) is 35.1 Å². The van der Waals surface area contributed by atoms with Gasteiger partial charge in [-0.05, 0) is 24.6 Å². The molecule has 0 bridgehead atoms. The van der Waals surface area contributed by atoms with Gasteiger partial charge < -0.3 is 5.73 Å². The Labute approximate surface area is 81.9 Å². The van der Waals surface area contributed by atoms with Crippen molar-refractivity contribution in [3.8, 4) is 11.8 Å². The topological polar surface area (TPSA) is 43.1 Å². The molecule has 0 radical (unpaired) electrons. The molecule has 1 rings (SSSR count). The summed E-state index contributed by atoms with van der Waals surface area (Å²) in [6.45, 7) is 1.80. The Bertz CT molecular complexity index is 415. The Morgan fingerprint density at radius 3 is 2.86 bits per heavy atom. The summed E-state index contributed by atoms with van der Waals surface area (Å²) in [5.41, 5.74) is 6.01. The average molecular weight is 191 g/mol. The molecule has 0 unspecified atom stereocenters. The third-order valence-corrected chi connectivity index (χ3v) is 1.61. The van der Waals surface area contributed by atoms with Crippen LogP contribution in [0.5, 0.6) is 0 Å². The summed E-state index contributed by atoms with van der Waals surface area (Å²) < 4.78 is 13.2. The first-order chi connectivity index (χ1) is 6.59. The molecule has 2 nitrogen and oxygen atoms in total. The van der Waals surface area contributed by atoms with Crippen molar-refractivity contribution in [1.82, 2.24) is 0 Å². The van der Waals surface area contributed by atoms with E-state index in [2.05, 4.69) is 11.8 Å². The number of carbonyl (C=O) groups is 1. The highest BCUT2D eigenvalue weighted by Crippen LogP contribution is 2.07. The maximum Gasteiger partial charge on any atom is 0.229 e. The van der Waals surface area contributed by atoms with Crippen LogP contribution in [0.1, 0.15) is 17.5 Å². The van der Waals surface area contributed by atoms with Crippen LogP contribution >= 0.6 is 0 Å². The van der Waals surface area contributed by atoms with Gasteiger partial charge in [-0.25, -0.2) is 4.39 Å². The smallest absolute Gasteiger partial charge is 0.229 e. The highest BCUT2D eigenvalue weighted by Gasteiger charge is 1.97. The fourth-order valence-corrected chi connectivity index (χ4v) is 0.948. The lowest BCUT2D eigenvalue weighted by Crippen LogP contribution is -2.08. The van der Waals surface area contributed by atoms with Crippen LogP contribution in [0, 0.1) is 24.6 Å².